The lowest BCUT2D eigenvalue weighted by Crippen LogP contribution is -2.37. The minimum Gasteiger partial charge on any atom is -0.462 e. The molecule has 0 radical (unpaired) electrons. The van der Waals surface area contributed by atoms with Crippen LogP contribution in [0, 0.1) is 0 Å². The number of phosphoric ester groups is 1. The van der Waals surface area contributed by atoms with E-state index in [4.69, 9.17) is 18.5 Å². The zero-order valence-corrected chi connectivity index (χ0v) is 68.7. The molecule has 0 aliphatic rings. The molecule has 590 valence electrons. The van der Waals surface area contributed by atoms with E-state index in [-0.39, 0.29) is 25.6 Å². The maximum Gasteiger partial charge on any atom is 0.472 e. The van der Waals surface area contributed by atoms with E-state index in [9.17, 15) is 19.0 Å². The molecule has 9 nitrogen and oxygen atoms in total. The fourth-order valence-electron chi connectivity index (χ4n) is 14.2. The Labute approximate surface area is 619 Å². The highest BCUT2D eigenvalue weighted by atomic mass is 31.2. The minimum atomic E-state index is -4.39. The van der Waals surface area contributed by atoms with Crippen molar-refractivity contribution in [3.63, 3.8) is 0 Å². The van der Waals surface area contributed by atoms with Crippen molar-refractivity contribution in [2.75, 3.05) is 47.5 Å². The number of likely N-dealkylation sites (N-methyl/N-ethyl adjacent to an activating group) is 1. The van der Waals surface area contributed by atoms with Gasteiger partial charge in [-0.15, -0.1) is 0 Å². The van der Waals surface area contributed by atoms with Crippen LogP contribution in [0.1, 0.15) is 495 Å². The summed E-state index contributed by atoms with van der Waals surface area (Å²) in [5.41, 5.74) is 0. The molecular weight excluding hydrogens is 1240 g/mol. The average Bonchev–Trinajstić information content (AvgIpc) is 0.999. The van der Waals surface area contributed by atoms with E-state index in [1.807, 2.05) is 21.1 Å². The van der Waals surface area contributed by atoms with E-state index < -0.39 is 26.5 Å². The number of rotatable bonds is 86. The normalized spacial score (nSPS) is 12.9. The van der Waals surface area contributed by atoms with Crippen LogP contribution in [0.3, 0.4) is 0 Å². The summed E-state index contributed by atoms with van der Waals surface area (Å²) >= 11 is 0. The van der Waals surface area contributed by atoms with Gasteiger partial charge in [0.1, 0.15) is 19.8 Å². The Balaban J connectivity index is 3.82. The second kappa shape index (κ2) is 80.8. The van der Waals surface area contributed by atoms with Gasteiger partial charge < -0.3 is 18.9 Å². The van der Waals surface area contributed by atoms with Gasteiger partial charge in [-0.25, -0.2) is 4.57 Å². The molecule has 0 aromatic rings. The van der Waals surface area contributed by atoms with Gasteiger partial charge in [-0.1, -0.05) is 456 Å². The quantitative estimate of drug-likeness (QED) is 0.0211. The van der Waals surface area contributed by atoms with Gasteiger partial charge in [0.2, 0.25) is 0 Å². The van der Waals surface area contributed by atoms with Crippen LogP contribution >= 0.6 is 7.82 Å². The van der Waals surface area contributed by atoms with Gasteiger partial charge in [0, 0.05) is 12.8 Å². The molecule has 2 atom stereocenters. The van der Waals surface area contributed by atoms with Gasteiger partial charge in [0.25, 0.3) is 0 Å². The van der Waals surface area contributed by atoms with Crippen molar-refractivity contribution >= 4 is 19.8 Å². The van der Waals surface area contributed by atoms with Crippen LogP contribution in [-0.2, 0) is 32.7 Å². The monoisotopic (exact) mass is 1420 g/mol. The van der Waals surface area contributed by atoms with Crippen molar-refractivity contribution in [1.29, 1.82) is 0 Å². The molecule has 0 aliphatic heterocycles. The summed E-state index contributed by atoms with van der Waals surface area (Å²) < 4.78 is 34.9. The van der Waals surface area contributed by atoms with Gasteiger partial charge >= 0.3 is 19.8 Å². The molecule has 99 heavy (non-hydrogen) atoms. The summed E-state index contributed by atoms with van der Waals surface area (Å²) in [6.45, 7) is 4.54. The van der Waals surface area contributed by atoms with Crippen molar-refractivity contribution in [3.05, 3.63) is 12.2 Å². The first-order chi connectivity index (χ1) is 48.5. The highest BCUT2D eigenvalue weighted by molar-refractivity contribution is 7.47. The SMILES string of the molecule is CCCCCCCCCC/C=C\CCCCCCCCCCCCCCCCCCCCCCCCCCCC(=O)OC(COC(=O)CCCCCCCCCCCCCCCCCCCCCCCCCCCCCCCCCCCCCCCC)COP(=O)(O)OCC[N+](C)(C)C. The zero-order valence-electron chi connectivity index (χ0n) is 67.8. The second-order valence-corrected chi connectivity index (χ2v) is 33.8. The number of hydrogen-bond donors (Lipinski definition) is 1. The fraction of sp³-hybridized carbons (Fsp3) is 0.955. The molecule has 0 rings (SSSR count). The molecule has 0 spiro atoms. The number of carbonyl (C=O) groups excluding carboxylic acids is 2. The van der Waals surface area contributed by atoms with Crippen LogP contribution in [0.15, 0.2) is 12.2 Å². The van der Waals surface area contributed by atoms with E-state index in [0.29, 0.717) is 17.4 Å². The number of ether oxygens (including phenoxy) is 2. The van der Waals surface area contributed by atoms with Crippen molar-refractivity contribution in [2.24, 2.45) is 0 Å². The number of phosphoric acid groups is 1. The van der Waals surface area contributed by atoms with Crippen LogP contribution in [0.4, 0.5) is 0 Å². The van der Waals surface area contributed by atoms with Gasteiger partial charge in [0.15, 0.2) is 6.10 Å². The smallest absolute Gasteiger partial charge is 0.462 e. The maximum absolute atomic E-state index is 12.9. The zero-order chi connectivity index (χ0) is 71.8. The lowest BCUT2D eigenvalue weighted by atomic mass is 10.0. The summed E-state index contributed by atoms with van der Waals surface area (Å²) in [6, 6.07) is 0. The van der Waals surface area contributed by atoms with E-state index >= 15 is 0 Å². The number of carbonyl (C=O) groups is 2. The molecule has 0 aromatic heterocycles. The van der Waals surface area contributed by atoms with E-state index in [1.54, 1.807) is 0 Å². The third-order valence-corrected chi connectivity index (χ3v) is 22.0. The Kier molecular flexibility index (Phi) is 79.8. The minimum absolute atomic E-state index is 0.0372. The molecule has 0 fully saturated rings. The van der Waals surface area contributed by atoms with Crippen LogP contribution in [0.2, 0.25) is 0 Å². The number of unbranched alkanes of at least 4 members (excludes halogenated alkanes) is 70. The number of quaternary nitrogens is 1. The molecule has 1 N–H and O–H groups in total. The Morgan fingerprint density at radius 1 is 0.303 bits per heavy atom. The molecule has 0 saturated heterocycles. The summed E-state index contributed by atoms with van der Waals surface area (Å²) in [5, 5.41) is 0. The molecule has 2 unspecified atom stereocenters. The summed E-state index contributed by atoms with van der Waals surface area (Å²) in [5.74, 6) is -0.764. The maximum atomic E-state index is 12.9. The first-order valence-electron chi connectivity index (χ1n) is 44.9. The molecule has 0 heterocycles. The summed E-state index contributed by atoms with van der Waals surface area (Å²) in [4.78, 5) is 36.1. The largest absolute Gasteiger partial charge is 0.472 e. The van der Waals surface area contributed by atoms with Crippen LogP contribution in [-0.4, -0.2) is 74.9 Å². The first-order valence-corrected chi connectivity index (χ1v) is 46.4. The summed E-state index contributed by atoms with van der Waals surface area (Å²) in [6.07, 6.45) is 104. The van der Waals surface area contributed by atoms with Crippen LogP contribution in [0.25, 0.3) is 0 Å². The van der Waals surface area contributed by atoms with E-state index in [1.165, 1.54) is 430 Å². The Morgan fingerprint density at radius 3 is 0.747 bits per heavy atom. The third-order valence-electron chi connectivity index (χ3n) is 21.0. The Morgan fingerprint density at radius 2 is 0.515 bits per heavy atom. The van der Waals surface area contributed by atoms with Gasteiger partial charge in [-0.2, -0.15) is 0 Å². The van der Waals surface area contributed by atoms with Gasteiger partial charge in [-0.05, 0) is 38.5 Å². The average molecular weight is 1420 g/mol. The number of esters is 2. The van der Waals surface area contributed by atoms with Crippen molar-refractivity contribution in [1.82, 2.24) is 0 Å². The number of nitrogens with zero attached hydrogens (tertiary/aromatic N) is 1. The number of allylic oxidation sites excluding steroid dienone is 2. The molecular formula is C89H177NO8P+. The lowest BCUT2D eigenvalue weighted by Gasteiger charge is -2.24. The standard InChI is InChI=1S/C89H176NO8P/c1-6-8-10-12-14-16-18-20-22-24-26-28-30-32-34-36-38-40-42-44-46-47-49-51-53-55-57-59-61-63-65-67-69-71-73-75-77-79-81-88(91)95-85-87(86-97-99(93,94)96-84-83-90(3,4)5)98-89(92)82-80-78-76-74-72-70-68-66-64-62-60-58-56-54-52-50-48-45-43-41-39-37-35-33-31-29-27-25-23-21-19-17-15-13-11-9-7-2/h25,27,87H,6-24,26,28-86H2,1-5H3/p+1/b27-25-. The van der Waals surface area contributed by atoms with Gasteiger partial charge in [-0.3, -0.25) is 18.6 Å². The molecule has 0 aromatic carbocycles. The van der Waals surface area contributed by atoms with Crippen molar-refractivity contribution in [2.45, 2.75) is 502 Å². The second-order valence-electron chi connectivity index (χ2n) is 32.4. The van der Waals surface area contributed by atoms with Crippen LogP contribution < -0.4 is 0 Å². The Bertz CT molecular complexity index is 1670. The predicted octanol–water partition coefficient (Wildman–Crippen LogP) is 30.1. The summed E-state index contributed by atoms with van der Waals surface area (Å²) in [7, 11) is 1.51. The lowest BCUT2D eigenvalue weighted by molar-refractivity contribution is -0.870. The predicted molar refractivity (Wildman–Crippen MR) is 432 cm³/mol. The Hall–Kier alpha value is -1.25. The van der Waals surface area contributed by atoms with E-state index in [2.05, 4.69) is 26.0 Å². The molecule has 0 amide bonds. The topological polar surface area (TPSA) is 108 Å². The molecule has 10 heteroatoms. The first kappa shape index (κ1) is 97.8. The highest BCUT2D eigenvalue weighted by Crippen LogP contribution is 2.43. The van der Waals surface area contributed by atoms with Crippen molar-refractivity contribution < 1.29 is 42.1 Å². The number of hydrogen-bond acceptors (Lipinski definition) is 7. The fourth-order valence-corrected chi connectivity index (χ4v) is 14.9. The molecule has 0 saturated carbocycles. The van der Waals surface area contributed by atoms with Gasteiger partial charge in [0.05, 0.1) is 27.7 Å². The van der Waals surface area contributed by atoms with Crippen molar-refractivity contribution in [3.8, 4) is 0 Å². The van der Waals surface area contributed by atoms with E-state index in [0.717, 1.165) is 38.5 Å². The molecule has 0 aliphatic carbocycles. The van der Waals surface area contributed by atoms with Crippen LogP contribution in [0.5, 0.6) is 0 Å². The highest BCUT2D eigenvalue weighted by Gasteiger charge is 2.27. The molecule has 0 bridgehead atoms. The third kappa shape index (κ3) is 85.6.